The van der Waals surface area contributed by atoms with Crippen molar-refractivity contribution in [3.8, 4) is 0 Å². The van der Waals surface area contributed by atoms with Gasteiger partial charge >= 0.3 is 0 Å². The summed E-state index contributed by atoms with van der Waals surface area (Å²) in [4.78, 5) is 9.86. The molecule has 5 N–H and O–H groups in total. The highest BCUT2D eigenvalue weighted by atomic mass is 16.5. The Bertz CT molecular complexity index is 98.9. The van der Waals surface area contributed by atoms with Crippen LogP contribution in [0.2, 0.25) is 0 Å². The lowest BCUT2D eigenvalue weighted by Gasteiger charge is -2.10. The number of aldehydes is 1. The second-order valence-electron chi connectivity index (χ2n) is 2.06. The van der Waals surface area contributed by atoms with Gasteiger partial charge in [0.1, 0.15) is 12.4 Å². The van der Waals surface area contributed by atoms with Crippen LogP contribution < -0.4 is 11.2 Å². The molecule has 2 atom stereocenters. The lowest BCUT2D eigenvalue weighted by Crippen LogP contribution is -2.35. The third kappa shape index (κ3) is 4.39. The molecule has 0 fully saturated rings. The predicted molar refractivity (Wildman–Crippen MR) is 34.5 cm³/mol. The van der Waals surface area contributed by atoms with Crippen LogP contribution in [0.15, 0.2) is 0 Å². The molecule has 0 bridgehead atoms. The van der Waals surface area contributed by atoms with E-state index in [1.54, 1.807) is 0 Å². The summed E-state index contributed by atoms with van der Waals surface area (Å²) in [5.41, 5.74) is 7.16. The Morgan fingerprint density at radius 1 is 1.70 bits per heavy atom. The molecule has 0 saturated heterocycles. The van der Waals surface area contributed by atoms with Gasteiger partial charge in [0.2, 0.25) is 0 Å². The summed E-state index contributed by atoms with van der Waals surface area (Å²) in [7, 11) is 0. The van der Waals surface area contributed by atoms with E-state index in [0.717, 1.165) is 0 Å². The summed E-state index contributed by atoms with van der Waals surface area (Å²) in [5, 5.41) is 16.8. The molecule has 0 amide bonds. The molecule has 0 aromatic carbocycles. The molecular formula is C5H12N2O3. The maximum atomic E-state index is 9.86. The van der Waals surface area contributed by atoms with Gasteiger partial charge in [-0.1, -0.05) is 0 Å². The largest absolute Gasteiger partial charge is 0.386 e. The predicted octanol–water partition coefficient (Wildman–Crippen LogP) is -1.76. The quantitative estimate of drug-likeness (QED) is 0.274. The van der Waals surface area contributed by atoms with Gasteiger partial charge in [0.25, 0.3) is 0 Å². The van der Waals surface area contributed by atoms with Crippen LogP contribution in [0.25, 0.3) is 0 Å². The van der Waals surface area contributed by atoms with E-state index in [9.17, 15) is 4.79 Å². The van der Waals surface area contributed by atoms with E-state index in [-0.39, 0.29) is 13.0 Å². The average molecular weight is 148 g/mol. The molecule has 0 heterocycles. The Balaban J connectivity index is 3.36. The second kappa shape index (κ2) is 5.31. The van der Waals surface area contributed by atoms with E-state index in [1.165, 1.54) is 0 Å². The summed E-state index contributed by atoms with van der Waals surface area (Å²) in [6, 6.07) is -0.398. The van der Waals surface area contributed by atoms with E-state index in [2.05, 4.69) is 0 Å². The first-order chi connectivity index (χ1) is 4.70. The SMILES string of the molecule is N[C@H](CNO)C[C@@H](O)C=O. The summed E-state index contributed by atoms with van der Waals surface area (Å²) in [5.74, 6) is 0. The van der Waals surface area contributed by atoms with Gasteiger partial charge in [-0.3, -0.25) is 0 Å². The van der Waals surface area contributed by atoms with Gasteiger partial charge in [-0.05, 0) is 6.42 Å². The van der Waals surface area contributed by atoms with Crippen molar-refractivity contribution >= 4 is 6.29 Å². The number of carbonyl (C=O) groups is 1. The van der Waals surface area contributed by atoms with Gasteiger partial charge in [-0.2, -0.15) is 0 Å². The Labute approximate surface area is 58.8 Å². The van der Waals surface area contributed by atoms with E-state index in [1.807, 2.05) is 5.48 Å². The van der Waals surface area contributed by atoms with Crippen LogP contribution in [0.4, 0.5) is 0 Å². The number of aliphatic hydroxyl groups excluding tert-OH is 1. The van der Waals surface area contributed by atoms with Crippen molar-refractivity contribution in [3.05, 3.63) is 0 Å². The molecule has 0 spiro atoms. The first kappa shape index (κ1) is 9.51. The Morgan fingerprint density at radius 3 is 2.70 bits per heavy atom. The summed E-state index contributed by atoms with van der Waals surface area (Å²) >= 11 is 0. The maximum absolute atomic E-state index is 9.86. The van der Waals surface area contributed by atoms with Crippen molar-refractivity contribution < 1.29 is 15.1 Å². The van der Waals surface area contributed by atoms with Gasteiger partial charge in [0.05, 0.1) is 0 Å². The van der Waals surface area contributed by atoms with E-state index >= 15 is 0 Å². The van der Waals surface area contributed by atoms with Gasteiger partial charge in [-0.25, -0.2) is 5.48 Å². The highest BCUT2D eigenvalue weighted by molar-refractivity contribution is 5.55. The lowest BCUT2D eigenvalue weighted by atomic mass is 10.1. The van der Waals surface area contributed by atoms with Crippen molar-refractivity contribution in [2.45, 2.75) is 18.6 Å². The molecule has 10 heavy (non-hydrogen) atoms. The maximum Gasteiger partial charge on any atom is 0.148 e. The normalized spacial score (nSPS) is 16.3. The zero-order valence-corrected chi connectivity index (χ0v) is 5.53. The molecule has 5 heteroatoms. The highest BCUT2D eigenvalue weighted by Gasteiger charge is 2.07. The number of rotatable bonds is 5. The molecule has 60 valence electrons. The topological polar surface area (TPSA) is 95.6 Å². The van der Waals surface area contributed by atoms with E-state index < -0.39 is 12.1 Å². The number of carbonyl (C=O) groups excluding carboxylic acids is 1. The molecule has 0 aliphatic carbocycles. The first-order valence-corrected chi connectivity index (χ1v) is 2.96. The molecule has 0 aromatic heterocycles. The minimum atomic E-state index is -1.02. The number of nitrogens with one attached hydrogen (secondary N) is 1. The lowest BCUT2D eigenvalue weighted by molar-refractivity contribution is -0.115. The summed E-state index contributed by atoms with van der Waals surface area (Å²) in [6.45, 7) is 0.172. The molecular weight excluding hydrogens is 136 g/mol. The van der Waals surface area contributed by atoms with Crippen molar-refractivity contribution in [1.82, 2.24) is 5.48 Å². The molecule has 0 radical (unpaired) electrons. The number of hydroxylamine groups is 1. The molecule has 0 rings (SSSR count). The highest BCUT2D eigenvalue weighted by Crippen LogP contribution is 1.90. The standard InChI is InChI=1S/C5H12N2O3/c6-4(2-7-10)1-5(9)3-8/h3-5,7,9-10H,1-2,6H2/t4-,5+/m0/s1. The average Bonchev–Trinajstić information content (AvgIpc) is 1.88. The van der Waals surface area contributed by atoms with Crippen molar-refractivity contribution in [3.63, 3.8) is 0 Å². The summed E-state index contributed by atoms with van der Waals surface area (Å²) < 4.78 is 0. The van der Waals surface area contributed by atoms with Crippen LogP contribution in [0.5, 0.6) is 0 Å². The second-order valence-corrected chi connectivity index (χ2v) is 2.06. The Kier molecular flexibility index (Phi) is 5.05. The molecule has 0 aliphatic rings. The number of aliphatic hydroxyl groups is 1. The van der Waals surface area contributed by atoms with Crippen LogP contribution in [0.3, 0.4) is 0 Å². The smallest absolute Gasteiger partial charge is 0.148 e. The van der Waals surface area contributed by atoms with Crippen LogP contribution in [-0.2, 0) is 4.79 Å². The fourth-order valence-electron chi connectivity index (χ4n) is 0.566. The molecule has 0 unspecified atom stereocenters. The van der Waals surface area contributed by atoms with Crippen LogP contribution >= 0.6 is 0 Å². The monoisotopic (exact) mass is 148 g/mol. The van der Waals surface area contributed by atoms with Crippen molar-refractivity contribution in [1.29, 1.82) is 0 Å². The Hall–Kier alpha value is -0.490. The van der Waals surface area contributed by atoms with E-state index in [0.29, 0.717) is 6.29 Å². The first-order valence-electron chi connectivity index (χ1n) is 2.96. The Morgan fingerprint density at radius 2 is 2.30 bits per heavy atom. The summed E-state index contributed by atoms with van der Waals surface area (Å²) in [6.07, 6.45) is -0.447. The van der Waals surface area contributed by atoms with Crippen molar-refractivity contribution in [2.24, 2.45) is 5.73 Å². The minimum Gasteiger partial charge on any atom is -0.386 e. The fraction of sp³-hybridized carbons (Fsp3) is 0.800. The van der Waals surface area contributed by atoms with Crippen LogP contribution in [-0.4, -0.2) is 35.3 Å². The minimum absolute atomic E-state index is 0.164. The van der Waals surface area contributed by atoms with Gasteiger partial charge < -0.3 is 20.8 Å². The number of hydrogen-bond acceptors (Lipinski definition) is 5. The van der Waals surface area contributed by atoms with E-state index in [4.69, 9.17) is 16.0 Å². The molecule has 0 aliphatic heterocycles. The molecule has 5 nitrogen and oxygen atoms in total. The van der Waals surface area contributed by atoms with Gasteiger partial charge in [-0.15, -0.1) is 0 Å². The molecule has 0 saturated carbocycles. The van der Waals surface area contributed by atoms with Crippen LogP contribution in [0.1, 0.15) is 6.42 Å². The molecule has 0 aromatic rings. The van der Waals surface area contributed by atoms with Gasteiger partial charge in [0.15, 0.2) is 0 Å². The number of nitrogens with two attached hydrogens (primary N) is 1. The van der Waals surface area contributed by atoms with Gasteiger partial charge in [0, 0.05) is 12.6 Å². The third-order valence-corrected chi connectivity index (χ3v) is 1.05. The third-order valence-electron chi connectivity index (χ3n) is 1.05. The zero-order valence-electron chi connectivity index (χ0n) is 5.53. The van der Waals surface area contributed by atoms with Crippen LogP contribution in [0, 0.1) is 0 Å². The fourth-order valence-corrected chi connectivity index (χ4v) is 0.566. The number of hydrogen-bond donors (Lipinski definition) is 4. The zero-order chi connectivity index (χ0) is 7.98. The van der Waals surface area contributed by atoms with Crippen molar-refractivity contribution in [2.75, 3.05) is 6.54 Å².